The van der Waals surface area contributed by atoms with Gasteiger partial charge in [-0.2, -0.15) is 0 Å². The van der Waals surface area contributed by atoms with E-state index in [2.05, 4.69) is 0 Å². The van der Waals surface area contributed by atoms with Crippen molar-refractivity contribution in [1.82, 2.24) is 0 Å². The summed E-state index contributed by atoms with van der Waals surface area (Å²) in [5, 5.41) is 2.01. The molecule has 13 heavy (non-hydrogen) atoms. The van der Waals surface area contributed by atoms with Crippen LogP contribution in [0.5, 0.6) is 0 Å². The van der Waals surface area contributed by atoms with Crippen molar-refractivity contribution >= 4 is 17.4 Å². The minimum atomic E-state index is -0.936. The fourth-order valence-corrected chi connectivity index (χ4v) is 1.17. The van der Waals surface area contributed by atoms with Gasteiger partial charge >= 0.3 is 0 Å². The highest BCUT2D eigenvalue weighted by atomic mass is 19.1. The third kappa shape index (κ3) is 1.00. The lowest BCUT2D eigenvalue weighted by Gasteiger charge is -1.97. The van der Waals surface area contributed by atoms with E-state index in [-0.39, 0.29) is 11.3 Å². The number of carbonyl (C=O) groups excluding carboxylic acids is 2. The van der Waals surface area contributed by atoms with Crippen LogP contribution in [0.4, 0.5) is 14.5 Å². The summed E-state index contributed by atoms with van der Waals surface area (Å²) in [5.74, 6) is -3.65. The fourth-order valence-electron chi connectivity index (χ4n) is 1.17. The van der Waals surface area contributed by atoms with Crippen molar-refractivity contribution in [3.05, 3.63) is 29.3 Å². The highest BCUT2D eigenvalue weighted by molar-refractivity contribution is 6.51. The standard InChI is InChI=1S/C8H3F2NO2/c9-3-1-4-6(5(10)2-3)11-8(13)7(4)12/h1-2H,(H,11,12,13). The lowest BCUT2D eigenvalue weighted by molar-refractivity contribution is -0.112. The Labute approximate surface area is 71.4 Å². The third-order valence-electron chi connectivity index (χ3n) is 1.74. The molecule has 1 aromatic rings. The molecule has 0 atom stereocenters. The number of rotatable bonds is 0. The molecule has 0 bridgehead atoms. The van der Waals surface area contributed by atoms with E-state index in [9.17, 15) is 18.4 Å². The molecule has 0 aromatic heterocycles. The Kier molecular flexibility index (Phi) is 1.42. The van der Waals surface area contributed by atoms with E-state index in [0.717, 1.165) is 6.07 Å². The van der Waals surface area contributed by atoms with Crippen LogP contribution in [-0.2, 0) is 4.79 Å². The van der Waals surface area contributed by atoms with E-state index < -0.39 is 23.3 Å². The summed E-state index contributed by atoms with van der Waals surface area (Å²) in [6, 6.07) is 1.44. The zero-order chi connectivity index (χ0) is 9.59. The summed E-state index contributed by atoms with van der Waals surface area (Å²) in [4.78, 5) is 21.7. The topological polar surface area (TPSA) is 46.2 Å². The molecular formula is C8H3F2NO2. The van der Waals surface area contributed by atoms with Gasteiger partial charge in [0.25, 0.3) is 11.7 Å². The summed E-state index contributed by atoms with van der Waals surface area (Å²) in [7, 11) is 0. The first-order valence-corrected chi connectivity index (χ1v) is 3.44. The third-order valence-corrected chi connectivity index (χ3v) is 1.74. The molecule has 1 N–H and O–H groups in total. The van der Waals surface area contributed by atoms with Gasteiger partial charge in [-0.1, -0.05) is 0 Å². The Morgan fingerprint density at radius 2 is 1.85 bits per heavy atom. The van der Waals surface area contributed by atoms with Gasteiger partial charge in [0.1, 0.15) is 11.6 Å². The number of fused-ring (bicyclic) bond motifs is 1. The number of benzene rings is 1. The van der Waals surface area contributed by atoms with Crippen molar-refractivity contribution in [2.75, 3.05) is 5.32 Å². The molecule has 66 valence electrons. The molecule has 1 amide bonds. The van der Waals surface area contributed by atoms with Crippen molar-refractivity contribution in [2.45, 2.75) is 0 Å². The van der Waals surface area contributed by atoms with Gasteiger partial charge in [0.2, 0.25) is 0 Å². The molecular weight excluding hydrogens is 180 g/mol. The van der Waals surface area contributed by atoms with Gasteiger partial charge in [-0.05, 0) is 6.07 Å². The van der Waals surface area contributed by atoms with Gasteiger partial charge in [-0.3, -0.25) is 9.59 Å². The van der Waals surface area contributed by atoms with Crippen molar-refractivity contribution in [3.8, 4) is 0 Å². The molecule has 0 saturated carbocycles. The quantitative estimate of drug-likeness (QED) is 0.612. The van der Waals surface area contributed by atoms with E-state index in [4.69, 9.17) is 0 Å². The van der Waals surface area contributed by atoms with E-state index in [0.29, 0.717) is 6.07 Å². The molecule has 1 heterocycles. The minimum absolute atomic E-state index is 0.239. The molecule has 0 saturated heterocycles. The van der Waals surface area contributed by atoms with Crippen LogP contribution in [0.1, 0.15) is 10.4 Å². The van der Waals surface area contributed by atoms with Crippen LogP contribution in [0, 0.1) is 11.6 Å². The lowest BCUT2D eigenvalue weighted by Crippen LogP contribution is -2.12. The summed E-state index contributed by atoms with van der Waals surface area (Å²) < 4.78 is 25.5. The number of nitrogens with one attached hydrogen (secondary N) is 1. The largest absolute Gasteiger partial charge is 0.316 e. The number of Topliss-reactive ketones (excluding diaryl/α,β-unsaturated/α-hetero) is 1. The molecule has 5 heteroatoms. The molecule has 0 fully saturated rings. The zero-order valence-electron chi connectivity index (χ0n) is 6.23. The maximum absolute atomic E-state index is 12.9. The Morgan fingerprint density at radius 1 is 1.15 bits per heavy atom. The predicted octanol–water partition coefficient (Wildman–Crippen LogP) is 1.10. The minimum Gasteiger partial charge on any atom is -0.316 e. The molecule has 1 aromatic carbocycles. The molecule has 0 radical (unpaired) electrons. The summed E-state index contributed by atoms with van der Waals surface area (Å²) in [6.45, 7) is 0. The van der Waals surface area contributed by atoms with Crippen molar-refractivity contribution < 1.29 is 18.4 Å². The van der Waals surface area contributed by atoms with Gasteiger partial charge in [0.05, 0.1) is 11.3 Å². The van der Waals surface area contributed by atoms with Crippen LogP contribution in [0.2, 0.25) is 0 Å². The van der Waals surface area contributed by atoms with Crippen LogP contribution < -0.4 is 5.32 Å². The van der Waals surface area contributed by atoms with Gasteiger partial charge in [0, 0.05) is 6.07 Å². The molecule has 3 nitrogen and oxygen atoms in total. The highest BCUT2D eigenvalue weighted by Crippen LogP contribution is 2.26. The Hall–Kier alpha value is -1.78. The van der Waals surface area contributed by atoms with Gasteiger partial charge in [-0.25, -0.2) is 8.78 Å². The Morgan fingerprint density at radius 3 is 2.54 bits per heavy atom. The van der Waals surface area contributed by atoms with Gasteiger partial charge < -0.3 is 5.32 Å². The molecule has 0 unspecified atom stereocenters. The monoisotopic (exact) mass is 183 g/mol. The van der Waals surface area contributed by atoms with Crippen molar-refractivity contribution in [1.29, 1.82) is 0 Å². The van der Waals surface area contributed by atoms with Crippen LogP contribution in [0.25, 0.3) is 0 Å². The Balaban J connectivity index is 2.70. The van der Waals surface area contributed by atoms with Crippen LogP contribution in [0.15, 0.2) is 12.1 Å². The number of anilines is 1. The fraction of sp³-hybridized carbons (Fsp3) is 0. The summed E-state index contributed by atoms with van der Waals surface area (Å²) in [5.41, 5.74) is -0.487. The van der Waals surface area contributed by atoms with Crippen LogP contribution in [0.3, 0.4) is 0 Å². The average molecular weight is 183 g/mol. The number of amides is 1. The van der Waals surface area contributed by atoms with Crippen molar-refractivity contribution in [2.24, 2.45) is 0 Å². The normalized spacial score (nSPS) is 14.3. The van der Waals surface area contributed by atoms with Gasteiger partial charge in [0.15, 0.2) is 0 Å². The number of ketones is 1. The van der Waals surface area contributed by atoms with E-state index in [1.54, 1.807) is 0 Å². The SMILES string of the molecule is O=C1Nc2c(F)cc(F)cc2C1=O. The number of halogens is 2. The second-order valence-electron chi connectivity index (χ2n) is 2.59. The number of hydrogen-bond acceptors (Lipinski definition) is 2. The highest BCUT2D eigenvalue weighted by Gasteiger charge is 2.30. The van der Waals surface area contributed by atoms with E-state index >= 15 is 0 Å². The summed E-state index contributed by atoms with van der Waals surface area (Å²) in [6.07, 6.45) is 0. The first-order valence-electron chi connectivity index (χ1n) is 3.44. The molecule has 0 spiro atoms. The number of carbonyl (C=O) groups is 2. The lowest BCUT2D eigenvalue weighted by atomic mass is 10.1. The second-order valence-corrected chi connectivity index (χ2v) is 2.59. The Bertz CT molecular complexity index is 428. The maximum atomic E-state index is 12.9. The van der Waals surface area contributed by atoms with Crippen LogP contribution >= 0.6 is 0 Å². The first-order chi connectivity index (χ1) is 6.09. The maximum Gasteiger partial charge on any atom is 0.296 e. The predicted molar refractivity (Wildman–Crippen MR) is 39.3 cm³/mol. The molecule has 2 rings (SSSR count). The molecule has 1 aliphatic rings. The average Bonchev–Trinajstić information content (AvgIpc) is 2.32. The summed E-state index contributed by atoms with van der Waals surface area (Å²) >= 11 is 0. The molecule has 0 aliphatic carbocycles. The number of hydrogen-bond donors (Lipinski definition) is 1. The molecule has 1 aliphatic heterocycles. The zero-order valence-corrected chi connectivity index (χ0v) is 6.23. The van der Waals surface area contributed by atoms with E-state index in [1.165, 1.54) is 0 Å². The van der Waals surface area contributed by atoms with Crippen LogP contribution in [-0.4, -0.2) is 11.7 Å². The smallest absolute Gasteiger partial charge is 0.296 e. The van der Waals surface area contributed by atoms with Crippen molar-refractivity contribution in [3.63, 3.8) is 0 Å². The van der Waals surface area contributed by atoms with E-state index in [1.807, 2.05) is 5.32 Å². The first kappa shape index (κ1) is 7.85. The van der Waals surface area contributed by atoms with Gasteiger partial charge in [-0.15, -0.1) is 0 Å². The second kappa shape index (κ2) is 2.35.